The molecule has 0 fully saturated rings. The lowest BCUT2D eigenvalue weighted by Gasteiger charge is -2.10. The Morgan fingerprint density at radius 3 is 2.50 bits per heavy atom. The first-order chi connectivity index (χ1) is 18.5. The highest BCUT2D eigenvalue weighted by Crippen LogP contribution is 2.22. The van der Waals surface area contributed by atoms with Crippen LogP contribution in [0, 0.1) is 10.5 Å². The number of aromatic nitrogens is 2. The lowest BCUT2D eigenvalue weighted by Crippen LogP contribution is -2.20. The van der Waals surface area contributed by atoms with E-state index in [1.54, 1.807) is 18.3 Å². The van der Waals surface area contributed by atoms with Crippen molar-refractivity contribution in [3.05, 3.63) is 122 Å². The number of benzene rings is 4. The fourth-order valence-corrected chi connectivity index (χ4v) is 4.52. The summed E-state index contributed by atoms with van der Waals surface area (Å²) in [6.45, 7) is 1.88. The summed E-state index contributed by atoms with van der Waals surface area (Å²) in [5.41, 5.74) is 3.76. The molecule has 188 valence electrons. The van der Waals surface area contributed by atoms with Crippen LogP contribution in [0.1, 0.15) is 11.1 Å². The SMILES string of the molecule is Cc1ccc(NC(=O)COc2ccc(C=Nn3c(-c4ccccc4)nc4ccccc4c3=O)cc2I)cc1. The molecule has 1 amide bonds. The largest absolute Gasteiger partial charge is 0.483 e. The molecule has 5 rings (SSSR count). The summed E-state index contributed by atoms with van der Waals surface area (Å²) >= 11 is 2.15. The van der Waals surface area contributed by atoms with E-state index in [-0.39, 0.29) is 18.1 Å². The second kappa shape index (κ2) is 11.4. The van der Waals surface area contributed by atoms with Gasteiger partial charge in [-0.2, -0.15) is 9.78 Å². The normalized spacial score (nSPS) is 11.1. The van der Waals surface area contributed by atoms with Crippen LogP contribution in [0.2, 0.25) is 0 Å². The number of nitrogens with zero attached hydrogens (tertiary/aromatic N) is 3. The molecule has 5 aromatic rings. The van der Waals surface area contributed by atoms with E-state index in [2.05, 4.69) is 33.0 Å². The number of ether oxygens (including phenoxy) is 1. The van der Waals surface area contributed by atoms with Crippen molar-refractivity contribution >= 4 is 51.3 Å². The molecule has 8 heteroatoms. The molecule has 0 unspecified atom stereocenters. The predicted octanol–water partition coefficient (Wildman–Crippen LogP) is 5.88. The number of hydrogen-bond donors (Lipinski definition) is 1. The number of fused-ring (bicyclic) bond motifs is 1. The van der Waals surface area contributed by atoms with Gasteiger partial charge in [-0.1, -0.05) is 60.2 Å². The van der Waals surface area contributed by atoms with Gasteiger partial charge in [0, 0.05) is 11.3 Å². The van der Waals surface area contributed by atoms with Gasteiger partial charge in [0.2, 0.25) is 0 Å². The Hall–Kier alpha value is -4.31. The van der Waals surface area contributed by atoms with Crippen molar-refractivity contribution in [1.29, 1.82) is 0 Å². The average Bonchev–Trinajstić information content (AvgIpc) is 2.94. The first kappa shape index (κ1) is 25.3. The number of anilines is 1. The van der Waals surface area contributed by atoms with Gasteiger partial charge in [0.15, 0.2) is 12.4 Å². The van der Waals surface area contributed by atoms with E-state index in [0.717, 1.165) is 25.9 Å². The highest BCUT2D eigenvalue weighted by atomic mass is 127. The van der Waals surface area contributed by atoms with Crippen LogP contribution < -0.4 is 15.6 Å². The van der Waals surface area contributed by atoms with Gasteiger partial charge in [-0.3, -0.25) is 9.59 Å². The molecule has 38 heavy (non-hydrogen) atoms. The third-order valence-corrected chi connectivity index (χ3v) is 6.60. The Kier molecular flexibility index (Phi) is 7.60. The third kappa shape index (κ3) is 5.81. The van der Waals surface area contributed by atoms with Gasteiger partial charge in [-0.25, -0.2) is 4.98 Å². The topological polar surface area (TPSA) is 85.6 Å². The van der Waals surface area contributed by atoms with Crippen LogP contribution in [0.4, 0.5) is 5.69 Å². The maximum absolute atomic E-state index is 13.3. The first-order valence-corrected chi connectivity index (χ1v) is 13.0. The Morgan fingerprint density at radius 2 is 1.74 bits per heavy atom. The van der Waals surface area contributed by atoms with E-state index < -0.39 is 0 Å². The number of nitrogens with one attached hydrogen (secondary N) is 1. The van der Waals surface area contributed by atoms with Crippen LogP contribution in [0.3, 0.4) is 0 Å². The molecule has 0 aliphatic rings. The molecule has 0 saturated carbocycles. The zero-order valence-electron chi connectivity index (χ0n) is 20.5. The molecule has 0 saturated heterocycles. The molecule has 0 aliphatic carbocycles. The summed E-state index contributed by atoms with van der Waals surface area (Å²) in [6.07, 6.45) is 1.61. The van der Waals surface area contributed by atoms with Crippen molar-refractivity contribution in [3.8, 4) is 17.1 Å². The van der Waals surface area contributed by atoms with Crippen molar-refractivity contribution in [2.75, 3.05) is 11.9 Å². The number of carbonyl (C=O) groups is 1. The maximum Gasteiger partial charge on any atom is 0.282 e. The zero-order valence-corrected chi connectivity index (χ0v) is 22.6. The first-order valence-electron chi connectivity index (χ1n) is 11.9. The molecular formula is C30H23IN4O3. The fourth-order valence-electron chi connectivity index (χ4n) is 3.82. The molecule has 0 radical (unpaired) electrons. The van der Waals surface area contributed by atoms with Gasteiger partial charge in [0.05, 0.1) is 20.7 Å². The van der Waals surface area contributed by atoms with Gasteiger partial charge in [-0.15, -0.1) is 0 Å². The Bertz CT molecular complexity index is 1700. The van der Waals surface area contributed by atoms with Crippen molar-refractivity contribution in [3.63, 3.8) is 0 Å². The van der Waals surface area contributed by atoms with E-state index in [1.807, 2.05) is 91.9 Å². The highest BCUT2D eigenvalue weighted by Gasteiger charge is 2.12. The van der Waals surface area contributed by atoms with E-state index in [9.17, 15) is 9.59 Å². The molecule has 0 spiro atoms. The Balaban J connectivity index is 1.36. The molecule has 1 N–H and O–H groups in total. The predicted molar refractivity (Wildman–Crippen MR) is 159 cm³/mol. The lowest BCUT2D eigenvalue weighted by atomic mass is 10.2. The number of rotatable bonds is 7. The van der Waals surface area contributed by atoms with Crippen LogP contribution >= 0.6 is 22.6 Å². The standard InChI is InChI=1S/C30H23IN4O3/c1-20-11-14-23(15-12-20)33-28(36)19-38-27-16-13-21(17-25(27)31)18-32-35-29(22-7-3-2-4-8-22)34-26-10-6-5-9-24(26)30(35)37/h2-18H,19H2,1H3,(H,33,36). The summed E-state index contributed by atoms with van der Waals surface area (Å²) in [7, 11) is 0. The van der Waals surface area contributed by atoms with Crippen molar-refractivity contribution < 1.29 is 9.53 Å². The second-order valence-electron chi connectivity index (χ2n) is 8.57. The number of halogens is 1. The van der Waals surface area contributed by atoms with E-state index in [1.165, 1.54) is 4.68 Å². The van der Waals surface area contributed by atoms with E-state index >= 15 is 0 Å². The van der Waals surface area contributed by atoms with Crippen LogP contribution in [-0.2, 0) is 4.79 Å². The molecule has 0 atom stereocenters. The minimum atomic E-state index is -0.250. The zero-order chi connectivity index (χ0) is 26.5. The monoisotopic (exact) mass is 614 g/mol. The van der Waals surface area contributed by atoms with E-state index in [4.69, 9.17) is 9.72 Å². The van der Waals surface area contributed by atoms with Gasteiger partial charge in [0.25, 0.3) is 11.5 Å². The summed E-state index contributed by atoms with van der Waals surface area (Å²) in [6, 6.07) is 29.8. The number of amides is 1. The molecule has 1 heterocycles. The minimum Gasteiger partial charge on any atom is -0.483 e. The van der Waals surface area contributed by atoms with Crippen molar-refractivity contribution in [2.45, 2.75) is 6.92 Å². The van der Waals surface area contributed by atoms with Gasteiger partial charge in [-0.05, 0) is 77.5 Å². The minimum absolute atomic E-state index is 0.115. The quantitative estimate of drug-likeness (QED) is 0.184. The second-order valence-corrected chi connectivity index (χ2v) is 9.74. The maximum atomic E-state index is 13.3. The number of carbonyl (C=O) groups excluding carboxylic acids is 1. The van der Waals surface area contributed by atoms with Crippen LogP contribution in [0.15, 0.2) is 107 Å². The molecule has 4 aromatic carbocycles. The summed E-state index contributed by atoms with van der Waals surface area (Å²) in [5, 5.41) is 7.82. The average molecular weight is 614 g/mol. The molecule has 1 aromatic heterocycles. The number of aryl methyl sites for hydroxylation is 1. The molecule has 0 bridgehead atoms. The smallest absolute Gasteiger partial charge is 0.282 e. The Morgan fingerprint density at radius 1 is 1.00 bits per heavy atom. The summed E-state index contributed by atoms with van der Waals surface area (Å²) in [4.78, 5) is 30.3. The number of para-hydroxylation sites is 1. The van der Waals surface area contributed by atoms with Gasteiger partial charge >= 0.3 is 0 Å². The van der Waals surface area contributed by atoms with Crippen LogP contribution in [-0.4, -0.2) is 28.4 Å². The summed E-state index contributed by atoms with van der Waals surface area (Å²) < 4.78 is 7.86. The van der Waals surface area contributed by atoms with Crippen molar-refractivity contribution in [1.82, 2.24) is 9.66 Å². The lowest BCUT2D eigenvalue weighted by molar-refractivity contribution is -0.118. The van der Waals surface area contributed by atoms with Crippen LogP contribution in [0.25, 0.3) is 22.3 Å². The third-order valence-electron chi connectivity index (χ3n) is 5.76. The molecule has 7 nitrogen and oxygen atoms in total. The van der Waals surface area contributed by atoms with Gasteiger partial charge in [0.1, 0.15) is 5.75 Å². The molecular weight excluding hydrogens is 591 g/mol. The van der Waals surface area contributed by atoms with Crippen molar-refractivity contribution in [2.24, 2.45) is 5.10 Å². The fraction of sp³-hybridized carbons (Fsp3) is 0.0667. The van der Waals surface area contributed by atoms with Gasteiger partial charge < -0.3 is 10.1 Å². The van der Waals surface area contributed by atoms with Crippen LogP contribution in [0.5, 0.6) is 5.75 Å². The van der Waals surface area contributed by atoms with E-state index in [0.29, 0.717) is 22.5 Å². The number of hydrogen-bond acceptors (Lipinski definition) is 5. The molecule has 0 aliphatic heterocycles. The Labute approximate surface area is 233 Å². The highest BCUT2D eigenvalue weighted by molar-refractivity contribution is 14.1. The summed E-state index contributed by atoms with van der Waals surface area (Å²) in [5.74, 6) is 0.794.